The van der Waals surface area contributed by atoms with Crippen molar-refractivity contribution in [1.82, 2.24) is 5.32 Å². The van der Waals surface area contributed by atoms with E-state index < -0.39 is 0 Å². The summed E-state index contributed by atoms with van der Waals surface area (Å²) in [7, 11) is 0. The van der Waals surface area contributed by atoms with Crippen molar-refractivity contribution in [2.24, 2.45) is 0 Å². The average Bonchev–Trinajstić information content (AvgIpc) is 2.69. The van der Waals surface area contributed by atoms with Gasteiger partial charge in [0, 0.05) is 22.4 Å². The Morgan fingerprint density at radius 2 is 2.40 bits per heavy atom. The molecule has 1 fully saturated rings. The van der Waals surface area contributed by atoms with E-state index in [1.807, 2.05) is 17.8 Å². The van der Waals surface area contributed by atoms with Crippen molar-refractivity contribution in [2.45, 2.75) is 30.7 Å². The zero-order valence-corrected chi connectivity index (χ0v) is 9.94. The number of aryl methyl sites for hydroxylation is 1. The van der Waals surface area contributed by atoms with E-state index in [4.69, 9.17) is 5.73 Å². The minimum Gasteiger partial charge on any atom is -0.398 e. The lowest BCUT2D eigenvalue weighted by molar-refractivity contribution is 0.674. The summed E-state index contributed by atoms with van der Waals surface area (Å²) in [5.74, 6) is 1.13. The second kappa shape index (κ2) is 4.90. The molecule has 0 radical (unpaired) electrons. The molecule has 1 heterocycles. The summed E-state index contributed by atoms with van der Waals surface area (Å²) in [5, 5.41) is 3.50. The summed E-state index contributed by atoms with van der Waals surface area (Å²) in [6, 6.07) is 6.98. The Hall–Kier alpha value is -0.670. The summed E-state index contributed by atoms with van der Waals surface area (Å²) in [6.45, 7) is 3.25. The van der Waals surface area contributed by atoms with Crippen molar-refractivity contribution in [3.8, 4) is 0 Å². The summed E-state index contributed by atoms with van der Waals surface area (Å²) < 4.78 is 0. The topological polar surface area (TPSA) is 38.0 Å². The first-order chi connectivity index (χ1) is 7.25. The molecule has 15 heavy (non-hydrogen) atoms. The maximum Gasteiger partial charge on any atom is 0.0454 e. The molecule has 0 spiro atoms. The van der Waals surface area contributed by atoms with Crippen LogP contribution >= 0.6 is 11.8 Å². The average molecular weight is 222 g/mol. The van der Waals surface area contributed by atoms with Gasteiger partial charge in [-0.1, -0.05) is 6.07 Å². The first-order valence-electron chi connectivity index (χ1n) is 5.48. The molecule has 82 valence electrons. The van der Waals surface area contributed by atoms with Gasteiger partial charge in [-0.25, -0.2) is 0 Å². The summed E-state index contributed by atoms with van der Waals surface area (Å²) in [4.78, 5) is 1.22. The minimum atomic E-state index is 0.677. The number of nitrogens with one attached hydrogen (secondary N) is 1. The Balaban J connectivity index is 1.92. The predicted molar refractivity (Wildman–Crippen MR) is 67.3 cm³/mol. The van der Waals surface area contributed by atoms with Gasteiger partial charge in [-0.15, -0.1) is 11.8 Å². The molecule has 2 rings (SSSR count). The minimum absolute atomic E-state index is 0.677. The molecule has 3 heteroatoms. The molecule has 0 aliphatic carbocycles. The van der Waals surface area contributed by atoms with E-state index in [-0.39, 0.29) is 0 Å². The van der Waals surface area contributed by atoms with Crippen LogP contribution in [0.3, 0.4) is 0 Å². The van der Waals surface area contributed by atoms with Gasteiger partial charge in [0.15, 0.2) is 0 Å². The van der Waals surface area contributed by atoms with Gasteiger partial charge in [-0.2, -0.15) is 0 Å². The van der Waals surface area contributed by atoms with Crippen molar-refractivity contribution in [1.29, 1.82) is 0 Å². The zero-order chi connectivity index (χ0) is 10.7. The van der Waals surface area contributed by atoms with Crippen molar-refractivity contribution in [3.05, 3.63) is 23.8 Å². The van der Waals surface area contributed by atoms with E-state index >= 15 is 0 Å². The molecule has 1 atom stereocenters. The standard InChI is InChI=1S/C12H18N2S/c1-9-4-5-12(11(13)7-9)15-8-10-3-2-6-14-10/h4-5,7,10,14H,2-3,6,8,13H2,1H3/t10-/m0/s1. The molecule has 0 unspecified atom stereocenters. The molecular weight excluding hydrogens is 204 g/mol. The summed E-state index contributed by atoms with van der Waals surface area (Å²) in [6.07, 6.45) is 2.62. The molecule has 0 saturated carbocycles. The first-order valence-corrected chi connectivity index (χ1v) is 6.46. The van der Waals surface area contributed by atoms with Crippen molar-refractivity contribution in [3.63, 3.8) is 0 Å². The maximum absolute atomic E-state index is 5.96. The third-order valence-electron chi connectivity index (χ3n) is 2.77. The van der Waals surface area contributed by atoms with Gasteiger partial charge in [-0.3, -0.25) is 0 Å². The van der Waals surface area contributed by atoms with E-state index in [2.05, 4.69) is 24.4 Å². The fourth-order valence-corrected chi connectivity index (χ4v) is 2.94. The lowest BCUT2D eigenvalue weighted by atomic mass is 10.2. The molecular formula is C12H18N2S. The van der Waals surface area contributed by atoms with Crippen molar-refractivity contribution >= 4 is 17.4 Å². The van der Waals surface area contributed by atoms with Gasteiger partial charge >= 0.3 is 0 Å². The molecule has 0 aromatic heterocycles. The molecule has 1 aliphatic heterocycles. The first kappa shape index (κ1) is 10.8. The van der Waals surface area contributed by atoms with Crippen LogP contribution in [0.15, 0.2) is 23.1 Å². The molecule has 1 aliphatic rings. The van der Waals surface area contributed by atoms with Gasteiger partial charge in [0.25, 0.3) is 0 Å². The van der Waals surface area contributed by atoms with Crippen LogP contribution in [0.1, 0.15) is 18.4 Å². The Kier molecular flexibility index (Phi) is 3.54. The number of nitrogen functional groups attached to an aromatic ring is 1. The normalized spacial score (nSPS) is 20.7. The fourth-order valence-electron chi connectivity index (χ4n) is 1.89. The molecule has 0 bridgehead atoms. The van der Waals surface area contributed by atoms with Crippen molar-refractivity contribution < 1.29 is 0 Å². The van der Waals surface area contributed by atoms with Crippen LogP contribution < -0.4 is 11.1 Å². The highest BCUT2D eigenvalue weighted by molar-refractivity contribution is 7.99. The highest BCUT2D eigenvalue weighted by Crippen LogP contribution is 2.27. The van der Waals surface area contributed by atoms with Gasteiger partial charge < -0.3 is 11.1 Å². The van der Waals surface area contributed by atoms with Gasteiger partial charge in [-0.05, 0) is 44.0 Å². The van der Waals surface area contributed by atoms with Crippen LogP contribution in [-0.2, 0) is 0 Å². The number of nitrogens with two attached hydrogens (primary N) is 1. The highest BCUT2D eigenvalue weighted by Gasteiger charge is 2.14. The second-order valence-corrected chi connectivity index (χ2v) is 5.21. The highest BCUT2D eigenvalue weighted by atomic mass is 32.2. The van der Waals surface area contributed by atoms with E-state index in [1.54, 1.807) is 0 Å². The monoisotopic (exact) mass is 222 g/mol. The maximum atomic E-state index is 5.96. The molecule has 0 amide bonds. The van der Waals surface area contributed by atoms with Gasteiger partial charge in [0.1, 0.15) is 0 Å². The lowest BCUT2D eigenvalue weighted by Crippen LogP contribution is -2.23. The third-order valence-corrected chi connectivity index (χ3v) is 4.02. The zero-order valence-electron chi connectivity index (χ0n) is 9.12. The Bertz CT molecular complexity index is 332. The van der Waals surface area contributed by atoms with Crippen LogP contribution in [-0.4, -0.2) is 18.3 Å². The van der Waals surface area contributed by atoms with Gasteiger partial charge in [0.2, 0.25) is 0 Å². The largest absolute Gasteiger partial charge is 0.398 e. The number of hydrogen-bond donors (Lipinski definition) is 2. The van der Waals surface area contributed by atoms with Crippen LogP contribution in [0, 0.1) is 6.92 Å². The third kappa shape index (κ3) is 2.89. The number of benzene rings is 1. The Morgan fingerprint density at radius 3 is 3.07 bits per heavy atom. The fraction of sp³-hybridized carbons (Fsp3) is 0.500. The molecule has 3 N–H and O–H groups in total. The Labute approximate surface area is 95.6 Å². The van der Waals surface area contributed by atoms with Crippen LogP contribution in [0.5, 0.6) is 0 Å². The quantitative estimate of drug-likeness (QED) is 0.609. The number of anilines is 1. The molecule has 1 aromatic rings. The lowest BCUT2D eigenvalue weighted by Gasteiger charge is -2.11. The van der Waals surface area contributed by atoms with E-state index in [0.29, 0.717) is 6.04 Å². The number of thioether (sulfide) groups is 1. The van der Waals surface area contributed by atoms with Crippen LogP contribution in [0.25, 0.3) is 0 Å². The van der Waals surface area contributed by atoms with Crippen LogP contribution in [0.4, 0.5) is 5.69 Å². The smallest absolute Gasteiger partial charge is 0.0454 e. The summed E-state index contributed by atoms with van der Waals surface area (Å²) >= 11 is 1.87. The molecule has 1 aromatic carbocycles. The Morgan fingerprint density at radius 1 is 1.53 bits per heavy atom. The number of rotatable bonds is 3. The van der Waals surface area contributed by atoms with E-state index in [1.165, 1.54) is 29.8 Å². The van der Waals surface area contributed by atoms with Crippen molar-refractivity contribution in [2.75, 3.05) is 18.0 Å². The van der Waals surface area contributed by atoms with Gasteiger partial charge in [0.05, 0.1) is 0 Å². The SMILES string of the molecule is Cc1ccc(SC[C@@H]2CCCN2)c(N)c1. The summed E-state index contributed by atoms with van der Waals surface area (Å²) in [5.41, 5.74) is 8.11. The number of hydrogen-bond acceptors (Lipinski definition) is 3. The predicted octanol–water partition coefficient (Wildman–Crippen LogP) is 2.42. The molecule has 2 nitrogen and oxygen atoms in total. The van der Waals surface area contributed by atoms with E-state index in [0.717, 1.165) is 11.4 Å². The van der Waals surface area contributed by atoms with E-state index in [9.17, 15) is 0 Å². The molecule has 1 saturated heterocycles. The second-order valence-electron chi connectivity index (χ2n) is 4.15. The van der Waals surface area contributed by atoms with Crippen LogP contribution in [0.2, 0.25) is 0 Å².